The molecule has 4 nitrogen and oxygen atoms in total. The summed E-state index contributed by atoms with van der Waals surface area (Å²) in [6.07, 6.45) is 8.26. The zero-order chi connectivity index (χ0) is 13.7. The van der Waals surface area contributed by atoms with Crippen molar-refractivity contribution in [1.29, 1.82) is 0 Å². The molecule has 98 valence electrons. The van der Waals surface area contributed by atoms with Crippen LogP contribution in [0, 0.1) is 0 Å². The van der Waals surface area contributed by atoms with Gasteiger partial charge in [0, 0.05) is 40.2 Å². The average molecular weight is 338 g/mol. The number of thiophene rings is 1. The van der Waals surface area contributed by atoms with E-state index in [0.717, 1.165) is 15.0 Å². The van der Waals surface area contributed by atoms with Crippen molar-refractivity contribution < 1.29 is 4.79 Å². The lowest BCUT2D eigenvalue weighted by molar-refractivity contribution is -0.125. The topological polar surface area (TPSA) is 46.1 Å². The normalized spacial score (nSPS) is 10.8. The van der Waals surface area contributed by atoms with Crippen LogP contribution >= 0.6 is 27.3 Å². The van der Waals surface area contributed by atoms with Gasteiger partial charge in [0.25, 0.3) is 0 Å². The van der Waals surface area contributed by atoms with Crippen LogP contribution in [0.4, 0.5) is 0 Å². The maximum absolute atomic E-state index is 11.9. The number of hydrogen-bond acceptors (Lipinski definition) is 4. The third-order valence-corrected chi connectivity index (χ3v) is 4.03. The molecule has 0 spiro atoms. The molecule has 0 saturated heterocycles. The van der Waals surface area contributed by atoms with E-state index in [0.29, 0.717) is 6.54 Å². The second-order valence-electron chi connectivity index (χ2n) is 3.89. The Balaban J connectivity index is 1.94. The molecule has 0 fully saturated rings. The number of hydrogen-bond donors (Lipinski definition) is 0. The molecule has 2 aromatic heterocycles. The second-order valence-corrected chi connectivity index (χ2v) is 5.75. The maximum Gasteiger partial charge on any atom is 0.246 e. The highest BCUT2D eigenvalue weighted by Crippen LogP contribution is 2.20. The third kappa shape index (κ3) is 4.25. The smallest absolute Gasteiger partial charge is 0.246 e. The van der Waals surface area contributed by atoms with Gasteiger partial charge in [-0.15, -0.1) is 11.3 Å². The van der Waals surface area contributed by atoms with E-state index in [1.54, 1.807) is 48.0 Å². The van der Waals surface area contributed by atoms with Crippen LogP contribution in [0.25, 0.3) is 6.08 Å². The minimum Gasteiger partial charge on any atom is -0.336 e. The van der Waals surface area contributed by atoms with E-state index in [-0.39, 0.29) is 5.91 Å². The first-order valence-corrected chi connectivity index (χ1v) is 7.24. The Bertz CT molecular complexity index is 583. The predicted octanol–water partition coefficient (Wildman–Crippen LogP) is 2.97. The molecule has 0 bridgehead atoms. The zero-order valence-corrected chi connectivity index (χ0v) is 12.7. The van der Waals surface area contributed by atoms with Gasteiger partial charge in [0.05, 0.1) is 18.4 Å². The summed E-state index contributed by atoms with van der Waals surface area (Å²) in [6, 6.07) is 1.97. The minimum absolute atomic E-state index is 0.0600. The Morgan fingerprint density at radius 2 is 2.37 bits per heavy atom. The molecule has 2 rings (SSSR count). The van der Waals surface area contributed by atoms with Gasteiger partial charge < -0.3 is 4.90 Å². The lowest BCUT2D eigenvalue weighted by Crippen LogP contribution is -2.24. The first kappa shape index (κ1) is 13.9. The highest BCUT2D eigenvalue weighted by Gasteiger charge is 2.06. The van der Waals surface area contributed by atoms with E-state index in [2.05, 4.69) is 25.9 Å². The molecule has 2 heterocycles. The Morgan fingerprint density at radius 3 is 3.00 bits per heavy atom. The Morgan fingerprint density at radius 1 is 1.53 bits per heavy atom. The van der Waals surface area contributed by atoms with Crippen LogP contribution in [-0.2, 0) is 11.3 Å². The summed E-state index contributed by atoms with van der Waals surface area (Å²) in [5.74, 6) is -0.0600. The molecular weight excluding hydrogens is 326 g/mol. The molecule has 0 aromatic carbocycles. The fraction of sp³-hybridized carbons (Fsp3) is 0.154. The number of rotatable bonds is 4. The van der Waals surface area contributed by atoms with Gasteiger partial charge in [-0.2, -0.15) is 0 Å². The van der Waals surface area contributed by atoms with Crippen molar-refractivity contribution in [1.82, 2.24) is 14.9 Å². The van der Waals surface area contributed by atoms with Crippen LogP contribution in [0.3, 0.4) is 0 Å². The van der Waals surface area contributed by atoms with E-state index < -0.39 is 0 Å². The zero-order valence-electron chi connectivity index (χ0n) is 10.3. The summed E-state index contributed by atoms with van der Waals surface area (Å²) < 4.78 is 1.03. The van der Waals surface area contributed by atoms with Gasteiger partial charge in [-0.1, -0.05) is 0 Å². The third-order valence-electron chi connectivity index (χ3n) is 2.37. The van der Waals surface area contributed by atoms with E-state index in [1.165, 1.54) is 0 Å². The van der Waals surface area contributed by atoms with Gasteiger partial charge in [0.1, 0.15) is 0 Å². The summed E-state index contributed by atoms with van der Waals surface area (Å²) in [5.41, 5.74) is 0.769. The van der Waals surface area contributed by atoms with Crippen molar-refractivity contribution in [3.63, 3.8) is 0 Å². The number of amides is 1. The molecule has 0 N–H and O–H groups in total. The molecule has 19 heavy (non-hydrogen) atoms. The van der Waals surface area contributed by atoms with Gasteiger partial charge in [0.2, 0.25) is 5.91 Å². The first-order chi connectivity index (χ1) is 9.15. The fourth-order valence-corrected chi connectivity index (χ4v) is 2.77. The Hall–Kier alpha value is -1.53. The highest BCUT2D eigenvalue weighted by atomic mass is 79.9. The van der Waals surface area contributed by atoms with Crippen molar-refractivity contribution >= 4 is 39.2 Å². The van der Waals surface area contributed by atoms with Gasteiger partial charge in [-0.05, 0) is 28.1 Å². The lowest BCUT2D eigenvalue weighted by atomic mass is 10.3. The summed E-state index contributed by atoms with van der Waals surface area (Å²) in [4.78, 5) is 22.7. The highest BCUT2D eigenvalue weighted by molar-refractivity contribution is 9.10. The van der Waals surface area contributed by atoms with E-state index in [9.17, 15) is 4.79 Å². The largest absolute Gasteiger partial charge is 0.336 e. The first-order valence-electron chi connectivity index (χ1n) is 5.57. The summed E-state index contributed by atoms with van der Waals surface area (Å²) in [6.45, 7) is 0.450. The predicted molar refractivity (Wildman–Crippen MR) is 79.6 cm³/mol. The second kappa shape index (κ2) is 6.58. The Labute approximate surface area is 123 Å². The molecule has 0 atom stereocenters. The van der Waals surface area contributed by atoms with Gasteiger partial charge in [0.15, 0.2) is 0 Å². The molecule has 0 aliphatic heterocycles. The summed E-state index contributed by atoms with van der Waals surface area (Å²) >= 11 is 4.96. The maximum atomic E-state index is 11.9. The molecule has 0 saturated carbocycles. The van der Waals surface area contributed by atoms with E-state index in [1.807, 2.05) is 17.5 Å². The minimum atomic E-state index is -0.0600. The molecular formula is C13H12BrN3OS. The molecule has 0 radical (unpaired) electrons. The average Bonchev–Trinajstić information content (AvgIpc) is 2.83. The molecule has 0 aliphatic rings. The van der Waals surface area contributed by atoms with Gasteiger partial charge in [-0.25, -0.2) is 0 Å². The molecule has 6 heteroatoms. The van der Waals surface area contributed by atoms with E-state index >= 15 is 0 Å². The molecule has 0 aliphatic carbocycles. The summed E-state index contributed by atoms with van der Waals surface area (Å²) in [5, 5.41) is 1.98. The van der Waals surface area contributed by atoms with Crippen LogP contribution in [0.15, 0.2) is 40.6 Å². The summed E-state index contributed by atoms with van der Waals surface area (Å²) in [7, 11) is 1.74. The number of carbonyl (C=O) groups is 1. The van der Waals surface area contributed by atoms with Crippen LogP contribution in [0.5, 0.6) is 0 Å². The fourth-order valence-electron chi connectivity index (χ4n) is 1.43. The van der Waals surface area contributed by atoms with Crippen molar-refractivity contribution in [3.05, 3.63) is 51.2 Å². The van der Waals surface area contributed by atoms with Crippen molar-refractivity contribution in [2.24, 2.45) is 0 Å². The van der Waals surface area contributed by atoms with Gasteiger partial charge >= 0.3 is 0 Å². The van der Waals surface area contributed by atoms with Crippen LogP contribution in [-0.4, -0.2) is 27.8 Å². The number of halogens is 1. The van der Waals surface area contributed by atoms with Crippen molar-refractivity contribution in [2.75, 3.05) is 7.05 Å². The number of nitrogens with zero attached hydrogens (tertiary/aromatic N) is 3. The van der Waals surface area contributed by atoms with Gasteiger partial charge in [-0.3, -0.25) is 14.8 Å². The molecule has 0 unspecified atom stereocenters. The van der Waals surface area contributed by atoms with Crippen LogP contribution in [0.2, 0.25) is 0 Å². The molecule has 2 aromatic rings. The number of carbonyl (C=O) groups excluding carboxylic acids is 1. The van der Waals surface area contributed by atoms with Crippen LogP contribution < -0.4 is 0 Å². The number of aromatic nitrogens is 2. The van der Waals surface area contributed by atoms with E-state index in [4.69, 9.17) is 0 Å². The number of likely N-dealkylation sites (N-methyl/N-ethyl adjacent to an activating group) is 1. The van der Waals surface area contributed by atoms with Crippen molar-refractivity contribution in [2.45, 2.75) is 6.54 Å². The lowest BCUT2D eigenvalue weighted by Gasteiger charge is -2.13. The quantitative estimate of drug-likeness (QED) is 0.805. The van der Waals surface area contributed by atoms with Crippen LogP contribution in [0.1, 0.15) is 10.6 Å². The van der Waals surface area contributed by atoms with Crippen molar-refractivity contribution in [3.8, 4) is 0 Å². The Kier molecular flexibility index (Phi) is 4.81. The standard InChI is InChI=1S/C13H12BrN3OS/c1-17(8-11-7-15-4-5-16-11)13(18)3-2-12-6-10(14)9-19-12/h2-7,9H,8H2,1H3/b3-2+. The SMILES string of the molecule is CN(Cc1cnccn1)C(=O)/C=C/c1cc(Br)cs1. The monoisotopic (exact) mass is 337 g/mol. The molecule has 1 amide bonds.